The van der Waals surface area contributed by atoms with Gasteiger partial charge in [-0.05, 0) is 51.4 Å². The average Bonchev–Trinajstić information content (AvgIpc) is 0.935. The zero-order valence-electron chi connectivity index (χ0n) is 71.8. The second kappa shape index (κ2) is 87.8. The van der Waals surface area contributed by atoms with Crippen molar-refractivity contribution in [3.8, 4) is 0 Å². The van der Waals surface area contributed by atoms with Gasteiger partial charge in [-0.15, -0.1) is 0 Å². The predicted molar refractivity (Wildman–Crippen MR) is 459 cm³/mol. The highest BCUT2D eigenvalue weighted by molar-refractivity contribution is 5.70. The van der Waals surface area contributed by atoms with E-state index in [-0.39, 0.29) is 32.2 Å². The summed E-state index contributed by atoms with van der Waals surface area (Å²) in [6, 6.07) is 0. The third kappa shape index (κ3) is 88.5. The fourth-order valence-corrected chi connectivity index (χ4v) is 14.7. The molecule has 0 amide bonds. The van der Waals surface area contributed by atoms with Crippen LogP contribution in [0.4, 0.5) is 0 Å². The lowest BCUT2D eigenvalue weighted by Crippen LogP contribution is -2.44. The highest BCUT2D eigenvalue weighted by atomic mass is 16.7. The Kier molecular flexibility index (Phi) is 85.5. The largest absolute Gasteiger partial charge is 0.545 e. The Morgan fingerprint density at radius 3 is 0.802 bits per heavy atom. The van der Waals surface area contributed by atoms with Gasteiger partial charge in [0, 0.05) is 12.8 Å². The summed E-state index contributed by atoms with van der Waals surface area (Å²) in [4.78, 5) is 37.7. The lowest BCUT2D eigenvalue weighted by molar-refractivity contribution is -0.870. The highest BCUT2D eigenvalue weighted by Gasteiger charge is 2.22. The van der Waals surface area contributed by atoms with Crippen LogP contribution in [-0.4, -0.2) is 82.3 Å². The Hall–Kier alpha value is -2.75. The van der Waals surface area contributed by atoms with Gasteiger partial charge in [-0.1, -0.05) is 480 Å². The van der Waals surface area contributed by atoms with Gasteiger partial charge < -0.3 is 33.3 Å². The van der Waals surface area contributed by atoms with Crippen molar-refractivity contribution in [1.29, 1.82) is 0 Å². The van der Waals surface area contributed by atoms with E-state index in [0.717, 1.165) is 64.2 Å². The number of ether oxygens (including phenoxy) is 4. The number of nitrogens with zero attached hydrogens (tertiary/aromatic N) is 1. The van der Waals surface area contributed by atoms with Crippen molar-refractivity contribution < 1.29 is 42.9 Å². The molecule has 0 aliphatic rings. The van der Waals surface area contributed by atoms with Gasteiger partial charge in [0.1, 0.15) is 13.2 Å². The summed E-state index contributed by atoms with van der Waals surface area (Å²) in [6.07, 6.45) is 115. The number of hydrogen-bond acceptors (Lipinski definition) is 8. The van der Waals surface area contributed by atoms with Gasteiger partial charge in [0.25, 0.3) is 0 Å². The quantitative estimate of drug-likeness (QED) is 0.0195. The summed E-state index contributed by atoms with van der Waals surface area (Å²) in [5.74, 6) is -2.24. The molecule has 0 radical (unpaired) electrons. The monoisotopic (exact) mass is 1490 g/mol. The lowest BCUT2D eigenvalue weighted by Gasteiger charge is -2.26. The van der Waals surface area contributed by atoms with Crippen LogP contribution < -0.4 is 5.11 Å². The number of likely N-dealkylation sites (N-methyl/N-ethyl adjacent to an activating group) is 1. The van der Waals surface area contributed by atoms with Crippen LogP contribution in [0.2, 0.25) is 0 Å². The molecule has 0 saturated heterocycles. The maximum absolute atomic E-state index is 13.0. The molecule has 0 aromatic heterocycles. The first-order valence-electron chi connectivity index (χ1n) is 47.3. The van der Waals surface area contributed by atoms with E-state index in [0.29, 0.717) is 17.4 Å². The number of unbranched alkanes of at least 4 members (excludes halogenated alkanes) is 67. The minimum absolute atomic E-state index is 0.152. The molecule has 0 fully saturated rings. The van der Waals surface area contributed by atoms with Crippen LogP contribution in [0.15, 0.2) is 48.6 Å². The molecule has 9 heteroatoms. The molecule has 0 aliphatic heterocycles. The molecule has 0 aromatic rings. The minimum atomic E-state index is -1.62. The Balaban J connectivity index is 3.85. The third-order valence-corrected chi connectivity index (χ3v) is 21.8. The molecule has 0 spiro atoms. The summed E-state index contributed by atoms with van der Waals surface area (Å²) < 4.78 is 23.0. The van der Waals surface area contributed by atoms with Crippen molar-refractivity contribution >= 4 is 17.9 Å². The molecule has 0 saturated carbocycles. The summed E-state index contributed by atoms with van der Waals surface area (Å²) in [5.41, 5.74) is 0. The van der Waals surface area contributed by atoms with Crippen LogP contribution in [0.5, 0.6) is 0 Å². The summed E-state index contributed by atoms with van der Waals surface area (Å²) >= 11 is 0. The first-order valence-corrected chi connectivity index (χ1v) is 47.3. The summed E-state index contributed by atoms with van der Waals surface area (Å²) in [6.45, 7) is 4.73. The molecule has 0 N–H and O–H groups in total. The Morgan fingerprint density at radius 1 is 0.292 bits per heavy atom. The maximum Gasteiger partial charge on any atom is 0.306 e. The van der Waals surface area contributed by atoms with Gasteiger partial charge >= 0.3 is 11.9 Å². The fraction of sp³-hybridized carbons (Fsp3) is 0.887. The lowest BCUT2D eigenvalue weighted by atomic mass is 10.0. The fourth-order valence-electron chi connectivity index (χ4n) is 14.7. The zero-order chi connectivity index (χ0) is 76.7. The molecule has 9 nitrogen and oxygen atoms in total. The Bertz CT molecular complexity index is 1890. The smallest absolute Gasteiger partial charge is 0.306 e. The zero-order valence-corrected chi connectivity index (χ0v) is 71.8. The summed E-state index contributed by atoms with van der Waals surface area (Å²) in [7, 11) is 5.96. The van der Waals surface area contributed by atoms with E-state index < -0.39 is 24.3 Å². The topological polar surface area (TPSA) is 111 Å². The van der Waals surface area contributed by atoms with Gasteiger partial charge in [0.05, 0.1) is 40.3 Å². The standard InChI is InChI=1S/C97H183NO8/c1-6-8-10-12-14-16-18-20-22-24-26-28-30-32-34-36-38-40-42-44-46-48-50-52-54-56-58-60-62-64-66-68-70-72-74-76-78-80-82-84-86-88-95(100)106-93(92-105-97(96(101)102)103-90-89-98(3,4)5)91-104-94(99)87-85-83-81-79-77-75-73-71-69-67-65-63-61-59-57-55-53-51-49-47-45-43-41-39-37-35-33-31-29-27-25-23-21-19-17-15-13-11-9-7-2/h8,10,14,16,20,22,26,28,93,97H,6-7,9,11-13,15,17-19,21,23-25,27,29-92H2,1-5H3/b10-8-,16-14-,22-20-,28-26-. The number of carbonyl (C=O) groups excluding carboxylic acids is 3. The van der Waals surface area contributed by atoms with Crippen LogP contribution in [-0.2, 0) is 33.3 Å². The number of esters is 2. The van der Waals surface area contributed by atoms with Crippen LogP contribution >= 0.6 is 0 Å². The number of carboxylic acid groups (broad SMARTS) is 1. The number of quaternary nitrogens is 1. The Labute approximate surface area is 661 Å². The van der Waals surface area contributed by atoms with Crippen LogP contribution in [0.25, 0.3) is 0 Å². The van der Waals surface area contributed by atoms with Crippen LogP contribution in [0, 0.1) is 0 Å². The van der Waals surface area contributed by atoms with Gasteiger partial charge in [-0.3, -0.25) is 9.59 Å². The first kappa shape index (κ1) is 103. The van der Waals surface area contributed by atoms with E-state index in [1.165, 1.54) is 405 Å². The molecule has 2 unspecified atom stereocenters. The highest BCUT2D eigenvalue weighted by Crippen LogP contribution is 2.22. The molecule has 624 valence electrons. The van der Waals surface area contributed by atoms with Crippen LogP contribution in [0.3, 0.4) is 0 Å². The van der Waals surface area contributed by atoms with Crippen molar-refractivity contribution in [3.05, 3.63) is 48.6 Å². The van der Waals surface area contributed by atoms with E-state index >= 15 is 0 Å². The third-order valence-electron chi connectivity index (χ3n) is 21.8. The van der Waals surface area contributed by atoms with E-state index in [2.05, 4.69) is 62.5 Å². The minimum Gasteiger partial charge on any atom is -0.545 e. The van der Waals surface area contributed by atoms with Crippen LogP contribution in [0.1, 0.15) is 495 Å². The number of rotatable bonds is 90. The molecule has 0 aliphatic carbocycles. The number of allylic oxidation sites excluding steroid dienone is 8. The average molecular weight is 1490 g/mol. The number of aliphatic carboxylic acids is 1. The van der Waals surface area contributed by atoms with E-state index in [9.17, 15) is 19.5 Å². The molecule has 0 bridgehead atoms. The first-order chi connectivity index (χ1) is 52.1. The Morgan fingerprint density at radius 2 is 0.538 bits per heavy atom. The van der Waals surface area contributed by atoms with Crippen molar-refractivity contribution in [2.75, 3.05) is 47.5 Å². The second-order valence-corrected chi connectivity index (χ2v) is 33.6. The van der Waals surface area contributed by atoms with E-state index in [1.54, 1.807) is 0 Å². The molecule has 0 heterocycles. The molecule has 106 heavy (non-hydrogen) atoms. The second-order valence-electron chi connectivity index (χ2n) is 33.6. The molecular formula is C97H183NO8. The van der Waals surface area contributed by atoms with E-state index in [4.69, 9.17) is 18.9 Å². The van der Waals surface area contributed by atoms with Gasteiger partial charge in [-0.2, -0.15) is 0 Å². The summed E-state index contributed by atoms with van der Waals surface area (Å²) in [5, 5.41) is 11.9. The molecule has 0 rings (SSSR count). The predicted octanol–water partition coefficient (Wildman–Crippen LogP) is 29.8. The van der Waals surface area contributed by atoms with E-state index in [1.807, 2.05) is 21.1 Å². The number of hydrogen-bond donors (Lipinski definition) is 0. The normalized spacial score (nSPS) is 12.7. The molecular weight excluding hydrogens is 1310 g/mol. The number of carbonyl (C=O) groups is 3. The van der Waals surface area contributed by atoms with Crippen molar-refractivity contribution in [1.82, 2.24) is 0 Å². The SMILES string of the molecule is CC/C=C\C/C=C\C/C=C\C/C=C\CCCCCCCCCCCCCCCCCCCCCCCCCCCCCCC(=O)OC(COC(=O)CCCCCCCCCCCCCCCCCCCCCCCCCCCCCCCCCCCCCCCCCC)COC(OCC[N+](C)(C)C)C(=O)[O-]. The maximum atomic E-state index is 13.0. The van der Waals surface area contributed by atoms with Crippen molar-refractivity contribution in [3.63, 3.8) is 0 Å². The van der Waals surface area contributed by atoms with Gasteiger partial charge in [-0.25, -0.2) is 0 Å². The van der Waals surface area contributed by atoms with Gasteiger partial charge in [0.15, 0.2) is 12.4 Å². The molecule has 2 atom stereocenters. The van der Waals surface area contributed by atoms with Gasteiger partial charge in [0.2, 0.25) is 0 Å². The number of carboxylic acids is 1. The van der Waals surface area contributed by atoms with Crippen molar-refractivity contribution in [2.24, 2.45) is 0 Å². The van der Waals surface area contributed by atoms with Crippen molar-refractivity contribution in [2.45, 2.75) is 508 Å². The molecule has 0 aromatic carbocycles.